The molecule has 1 saturated heterocycles. The number of benzene rings is 1. The summed E-state index contributed by atoms with van der Waals surface area (Å²) in [5.74, 6) is 0.0266. The lowest BCUT2D eigenvalue weighted by molar-refractivity contribution is -0.134. The van der Waals surface area contributed by atoms with Gasteiger partial charge < -0.3 is 4.90 Å². The first-order valence-electron chi connectivity index (χ1n) is 9.76. The number of hydrogen-bond acceptors (Lipinski definition) is 3. The van der Waals surface area contributed by atoms with E-state index in [0.717, 1.165) is 16.7 Å². The summed E-state index contributed by atoms with van der Waals surface area (Å²) in [6.45, 7) is 15.8. The first kappa shape index (κ1) is 21.9. The molecule has 0 N–H and O–H groups in total. The summed E-state index contributed by atoms with van der Waals surface area (Å²) < 4.78 is 28.3. The molecule has 0 spiro atoms. The Balaban J connectivity index is 2.32. The van der Waals surface area contributed by atoms with E-state index in [4.69, 9.17) is 0 Å². The van der Waals surface area contributed by atoms with E-state index in [2.05, 4.69) is 20.8 Å². The van der Waals surface area contributed by atoms with Crippen LogP contribution in [-0.2, 0) is 20.2 Å². The summed E-state index contributed by atoms with van der Waals surface area (Å²) in [6.07, 6.45) is 0.663. The van der Waals surface area contributed by atoms with Crippen LogP contribution in [0.1, 0.15) is 57.7 Å². The van der Waals surface area contributed by atoms with Crippen LogP contribution in [0.5, 0.6) is 0 Å². The maximum absolute atomic E-state index is 13.4. The van der Waals surface area contributed by atoms with E-state index < -0.39 is 10.0 Å². The molecular weight excluding hydrogens is 360 g/mol. The molecule has 0 unspecified atom stereocenters. The van der Waals surface area contributed by atoms with Crippen molar-refractivity contribution < 1.29 is 13.2 Å². The number of sulfonamides is 1. The van der Waals surface area contributed by atoms with Crippen molar-refractivity contribution in [2.45, 2.75) is 65.2 Å². The van der Waals surface area contributed by atoms with Crippen LogP contribution in [0.4, 0.5) is 0 Å². The van der Waals surface area contributed by atoms with Crippen molar-refractivity contribution in [2.75, 3.05) is 26.2 Å². The topological polar surface area (TPSA) is 57.7 Å². The fourth-order valence-electron chi connectivity index (χ4n) is 3.64. The number of aryl methyl sites for hydroxylation is 2. The summed E-state index contributed by atoms with van der Waals surface area (Å²) in [5, 5.41) is 0. The van der Waals surface area contributed by atoms with Crippen molar-refractivity contribution in [3.8, 4) is 0 Å². The number of carbonyl (C=O) groups is 1. The quantitative estimate of drug-likeness (QED) is 0.789. The Hall–Kier alpha value is -1.40. The average molecular weight is 395 g/mol. The van der Waals surface area contributed by atoms with Gasteiger partial charge in [-0.05, 0) is 42.4 Å². The summed E-state index contributed by atoms with van der Waals surface area (Å²) in [5.41, 5.74) is 2.69. The van der Waals surface area contributed by atoms with Gasteiger partial charge in [0.15, 0.2) is 0 Å². The Morgan fingerprint density at radius 2 is 1.56 bits per heavy atom. The third-order valence-electron chi connectivity index (χ3n) is 5.18. The SMILES string of the molecule is Cc1cc(C(C)(C)C)cc(C)c1S(=O)(=O)N1CCCN(C(=O)C(C)C)CC1. The smallest absolute Gasteiger partial charge is 0.243 e. The molecule has 0 aliphatic carbocycles. The van der Waals surface area contributed by atoms with Gasteiger partial charge in [-0.2, -0.15) is 4.31 Å². The summed E-state index contributed by atoms with van der Waals surface area (Å²) in [7, 11) is -3.58. The molecule has 1 amide bonds. The lowest BCUT2D eigenvalue weighted by atomic mass is 9.85. The molecule has 1 fully saturated rings. The van der Waals surface area contributed by atoms with E-state index in [0.29, 0.717) is 37.5 Å². The number of rotatable bonds is 3. The van der Waals surface area contributed by atoms with Gasteiger partial charge in [0.1, 0.15) is 0 Å². The minimum absolute atomic E-state index is 0.0296. The van der Waals surface area contributed by atoms with Crippen molar-refractivity contribution in [3.05, 3.63) is 28.8 Å². The van der Waals surface area contributed by atoms with Crippen molar-refractivity contribution in [2.24, 2.45) is 5.92 Å². The molecule has 1 aromatic carbocycles. The van der Waals surface area contributed by atoms with Gasteiger partial charge in [0.05, 0.1) is 4.90 Å². The first-order valence-corrected chi connectivity index (χ1v) is 11.2. The van der Waals surface area contributed by atoms with Crippen molar-refractivity contribution in [1.29, 1.82) is 0 Å². The molecule has 2 rings (SSSR count). The van der Waals surface area contributed by atoms with Crippen LogP contribution >= 0.6 is 0 Å². The molecule has 5 nitrogen and oxygen atoms in total. The van der Waals surface area contributed by atoms with Crippen molar-refractivity contribution in [1.82, 2.24) is 9.21 Å². The Bertz CT molecular complexity index is 784. The van der Waals surface area contributed by atoms with Crippen LogP contribution < -0.4 is 0 Å². The molecule has 152 valence electrons. The molecule has 0 aromatic heterocycles. The highest BCUT2D eigenvalue weighted by Gasteiger charge is 2.31. The first-order chi connectivity index (χ1) is 12.4. The molecule has 1 aliphatic rings. The minimum atomic E-state index is -3.58. The second-order valence-electron chi connectivity index (χ2n) is 8.93. The molecule has 1 aromatic rings. The van der Waals surface area contributed by atoms with E-state index in [1.54, 1.807) is 9.21 Å². The molecule has 1 aliphatic heterocycles. The van der Waals surface area contributed by atoms with Gasteiger partial charge in [0.25, 0.3) is 0 Å². The normalized spacial score (nSPS) is 17.3. The predicted octanol–water partition coefficient (Wildman–Crippen LogP) is 3.48. The maximum Gasteiger partial charge on any atom is 0.243 e. The lowest BCUT2D eigenvalue weighted by Gasteiger charge is -2.26. The molecule has 0 atom stereocenters. The summed E-state index contributed by atoms with van der Waals surface area (Å²) in [6, 6.07) is 3.98. The Kier molecular flexibility index (Phi) is 6.42. The molecular formula is C21H34N2O3S. The van der Waals surface area contributed by atoms with Crippen LogP contribution in [-0.4, -0.2) is 49.7 Å². The van der Waals surface area contributed by atoms with E-state index in [-0.39, 0.29) is 17.2 Å². The number of carbonyl (C=O) groups excluding carboxylic acids is 1. The largest absolute Gasteiger partial charge is 0.341 e. The van der Waals surface area contributed by atoms with Crippen LogP contribution in [0.2, 0.25) is 0 Å². The zero-order chi connectivity index (χ0) is 20.6. The zero-order valence-electron chi connectivity index (χ0n) is 17.8. The molecule has 1 heterocycles. The minimum Gasteiger partial charge on any atom is -0.341 e. The third-order valence-corrected chi connectivity index (χ3v) is 7.39. The van der Waals surface area contributed by atoms with Gasteiger partial charge in [0, 0.05) is 32.1 Å². The lowest BCUT2D eigenvalue weighted by Crippen LogP contribution is -2.39. The monoisotopic (exact) mass is 394 g/mol. The van der Waals surface area contributed by atoms with E-state index in [1.807, 2.05) is 39.8 Å². The van der Waals surface area contributed by atoms with Gasteiger partial charge in [-0.15, -0.1) is 0 Å². The standard InChI is InChI=1S/C21H34N2O3S/c1-15(2)20(24)22-9-8-10-23(12-11-22)27(25,26)19-16(3)13-18(14-17(19)4)21(5,6)7/h13-15H,8-12H2,1-7H3. The van der Waals surface area contributed by atoms with Crippen molar-refractivity contribution in [3.63, 3.8) is 0 Å². The second kappa shape index (κ2) is 7.92. The highest BCUT2D eigenvalue weighted by Crippen LogP contribution is 2.31. The van der Waals surface area contributed by atoms with Gasteiger partial charge in [-0.3, -0.25) is 4.79 Å². The molecule has 6 heteroatoms. The van der Waals surface area contributed by atoms with Gasteiger partial charge in [0.2, 0.25) is 15.9 Å². The van der Waals surface area contributed by atoms with Crippen LogP contribution in [0.25, 0.3) is 0 Å². The van der Waals surface area contributed by atoms with Crippen LogP contribution in [0.15, 0.2) is 17.0 Å². The summed E-state index contributed by atoms with van der Waals surface area (Å²) in [4.78, 5) is 14.5. The molecule has 0 radical (unpaired) electrons. The predicted molar refractivity (Wildman–Crippen MR) is 109 cm³/mol. The van der Waals surface area contributed by atoms with Crippen LogP contribution in [0, 0.1) is 19.8 Å². The van der Waals surface area contributed by atoms with Gasteiger partial charge in [-0.1, -0.05) is 46.8 Å². The highest BCUT2D eigenvalue weighted by molar-refractivity contribution is 7.89. The fraction of sp³-hybridized carbons (Fsp3) is 0.667. The summed E-state index contributed by atoms with van der Waals surface area (Å²) >= 11 is 0. The molecule has 27 heavy (non-hydrogen) atoms. The second-order valence-corrected chi connectivity index (χ2v) is 10.8. The van der Waals surface area contributed by atoms with Gasteiger partial charge in [-0.25, -0.2) is 8.42 Å². The maximum atomic E-state index is 13.4. The Labute approximate surface area is 164 Å². The Morgan fingerprint density at radius 1 is 1.00 bits per heavy atom. The average Bonchev–Trinajstić information content (AvgIpc) is 2.78. The number of nitrogens with zero attached hydrogens (tertiary/aromatic N) is 2. The zero-order valence-corrected chi connectivity index (χ0v) is 18.6. The van der Waals surface area contributed by atoms with Crippen molar-refractivity contribution >= 4 is 15.9 Å². The van der Waals surface area contributed by atoms with Crippen LogP contribution in [0.3, 0.4) is 0 Å². The van der Waals surface area contributed by atoms with E-state index >= 15 is 0 Å². The molecule has 0 bridgehead atoms. The number of hydrogen-bond donors (Lipinski definition) is 0. The van der Waals surface area contributed by atoms with E-state index in [9.17, 15) is 13.2 Å². The third kappa shape index (κ3) is 4.72. The molecule has 0 saturated carbocycles. The Morgan fingerprint density at radius 3 is 2.04 bits per heavy atom. The fourth-order valence-corrected chi connectivity index (χ4v) is 5.52. The van der Waals surface area contributed by atoms with Gasteiger partial charge >= 0.3 is 0 Å². The number of amides is 1. The highest BCUT2D eigenvalue weighted by atomic mass is 32.2. The van der Waals surface area contributed by atoms with E-state index in [1.165, 1.54) is 0 Å².